The van der Waals surface area contributed by atoms with E-state index >= 15 is 0 Å². The fourth-order valence-corrected chi connectivity index (χ4v) is 1.70. The molecule has 2 rings (SSSR count). The lowest BCUT2D eigenvalue weighted by Gasteiger charge is -2.25. The highest BCUT2D eigenvalue weighted by atomic mass is 15.5. The highest BCUT2D eigenvalue weighted by molar-refractivity contribution is 4.80. The fourth-order valence-electron chi connectivity index (χ4n) is 1.70. The number of aryl methyl sites for hydroxylation is 1. The Balaban J connectivity index is 1.93. The molecule has 0 spiro atoms. The zero-order valence-electron chi connectivity index (χ0n) is 7.98. The Hall–Kier alpha value is -0.970. The van der Waals surface area contributed by atoms with Gasteiger partial charge in [0.15, 0.2) is 5.82 Å². The summed E-state index contributed by atoms with van der Waals surface area (Å²) in [6.45, 7) is 3.27. The highest BCUT2D eigenvalue weighted by Gasteiger charge is 2.12. The molecule has 2 heterocycles. The van der Waals surface area contributed by atoms with Crippen LogP contribution in [0.2, 0.25) is 0 Å². The van der Waals surface area contributed by atoms with Crippen molar-refractivity contribution in [2.45, 2.75) is 25.8 Å². The molecule has 0 aromatic carbocycles. The first-order valence-corrected chi connectivity index (χ1v) is 4.80. The summed E-state index contributed by atoms with van der Waals surface area (Å²) in [6, 6.07) is 0. The largest absolute Gasteiger partial charge is 0.296 e. The van der Waals surface area contributed by atoms with Crippen molar-refractivity contribution in [3.63, 3.8) is 0 Å². The first kappa shape index (κ1) is 8.62. The summed E-state index contributed by atoms with van der Waals surface area (Å²) < 4.78 is 1.74. The van der Waals surface area contributed by atoms with Gasteiger partial charge in [0.25, 0.3) is 0 Å². The van der Waals surface area contributed by atoms with Crippen molar-refractivity contribution in [1.29, 1.82) is 0 Å². The normalized spacial score (nSPS) is 19.2. The van der Waals surface area contributed by atoms with E-state index in [0.717, 1.165) is 12.4 Å². The minimum Gasteiger partial charge on any atom is -0.296 e. The van der Waals surface area contributed by atoms with Crippen LogP contribution in [0.15, 0.2) is 0 Å². The van der Waals surface area contributed by atoms with Crippen LogP contribution in [0.25, 0.3) is 0 Å². The van der Waals surface area contributed by atoms with E-state index in [4.69, 9.17) is 0 Å². The smallest absolute Gasteiger partial charge is 0.164 e. The quantitative estimate of drug-likeness (QED) is 0.653. The zero-order valence-corrected chi connectivity index (χ0v) is 7.98. The van der Waals surface area contributed by atoms with Gasteiger partial charge in [-0.15, -0.1) is 5.10 Å². The van der Waals surface area contributed by atoms with E-state index in [9.17, 15) is 0 Å². The lowest BCUT2D eigenvalue weighted by molar-refractivity contribution is 0.213. The number of hydrogen-bond donors (Lipinski definition) is 0. The average Bonchev–Trinajstić information content (AvgIpc) is 2.54. The molecule has 1 saturated heterocycles. The second-order valence-corrected chi connectivity index (χ2v) is 3.56. The molecule has 5 heteroatoms. The van der Waals surface area contributed by atoms with Crippen LogP contribution in [0.3, 0.4) is 0 Å². The Bertz CT molecular complexity index is 263. The van der Waals surface area contributed by atoms with Crippen LogP contribution in [0.4, 0.5) is 0 Å². The second-order valence-electron chi connectivity index (χ2n) is 3.56. The molecule has 1 aliphatic rings. The highest BCUT2D eigenvalue weighted by Crippen LogP contribution is 2.10. The molecule has 0 radical (unpaired) electrons. The van der Waals surface area contributed by atoms with Crippen LogP contribution in [0.5, 0.6) is 0 Å². The standard InChI is InChI=1S/C8H15N5/c1-12-8(9-10-11-12)7-13-5-3-2-4-6-13/h2-7H2,1H3. The van der Waals surface area contributed by atoms with Crippen molar-refractivity contribution in [3.8, 4) is 0 Å². The Morgan fingerprint density at radius 1 is 1.23 bits per heavy atom. The predicted octanol–water partition coefficient (Wildman–Crippen LogP) is 0.196. The molecule has 0 saturated carbocycles. The van der Waals surface area contributed by atoms with E-state index in [1.807, 2.05) is 7.05 Å². The van der Waals surface area contributed by atoms with Gasteiger partial charge in [-0.25, -0.2) is 4.68 Å². The molecule has 0 N–H and O–H groups in total. The lowest BCUT2D eigenvalue weighted by Crippen LogP contribution is -2.30. The van der Waals surface area contributed by atoms with E-state index in [0.29, 0.717) is 0 Å². The first-order valence-electron chi connectivity index (χ1n) is 4.80. The molecule has 5 nitrogen and oxygen atoms in total. The third kappa shape index (κ3) is 2.03. The van der Waals surface area contributed by atoms with Gasteiger partial charge in [-0.2, -0.15) is 0 Å². The molecule has 0 atom stereocenters. The SMILES string of the molecule is Cn1nnnc1CN1CCCCC1. The molecule has 1 aliphatic heterocycles. The molecule has 0 aliphatic carbocycles. The first-order chi connectivity index (χ1) is 6.36. The summed E-state index contributed by atoms with van der Waals surface area (Å²) in [5, 5.41) is 11.4. The summed E-state index contributed by atoms with van der Waals surface area (Å²) in [6.07, 6.45) is 3.99. The maximum Gasteiger partial charge on any atom is 0.164 e. The van der Waals surface area contributed by atoms with E-state index < -0.39 is 0 Å². The van der Waals surface area contributed by atoms with Gasteiger partial charge in [0.05, 0.1) is 6.54 Å². The van der Waals surface area contributed by atoms with Crippen molar-refractivity contribution >= 4 is 0 Å². The minimum atomic E-state index is 0.892. The third-order valence-corrected chi connectivity index (χ3v) is 2.52. The topological polar surface area (TPSA) is 46.8 Å². The van der Waals surface area contributed by atoms with Crippen LogP contribution in [-0.4, -0.2) is 38.2 Å². The number of likely N-dealkylation sites (tertiary alicyclic amines) is 1. The zero-order chi connectivity index (χ0) is 9.10. The average molecular weight is 181 g/mol. The molecule has 0 amide bonds. The van der Waals surface area contributed by atoms with Crippen molar-refractivity contribution in [1.82, 2.24) is 25.1 Å². The van der Waals surface area contributed by atoms with Crippen molar-refractivity contribution in [2.24, 2.45) is 7.05 Å². The van der Waals surface area contributed by atoms with Gasteiger partial charge in [-0.1, -0.05) is 6.42 Å². The van der Waals surface area contributed by atoms with Crippen LogP contribution in [-0.2, 0) is 13.6 Å². The van der Waals surface area contributed by atoms with E-state index in [1.54, 1.807) is 4.68 Å². The Labute approximate surface area is 77.7 Å². The molecule has 1 aromatic heterocycles. The van der Waals surface area contributed by atoms with Crippen LogP contribution < -0.4 is 0 Å². The van der Waals surface area contributed by atoms with Crippen LogP contribution in [0, 0.1) is 0 Å². The van der Waals surface area contributed by atoms with Crippen molar-refractivity contribution in [2.75, 3.05) is 13.1 Å². The summed E-state index contributed by atoms with van der Waals surface area (Å²) >= 11 is 0. The summed E-state index contributed by atoms with van der Waals surface area (Å²) in [4.78, 5) is 2.41. The number of hydrogen-bond acceptors (Lipinski definition) is 4. The number of aromatic nitrogens is 4. The van der Waals surface area contributed by atoms with Crippen molar-refractivity contribution in [3.05, 3.63) is 5.82 Å². The van der Waals surface area contributed by atoms with Crippen LogP contribution in [0.1, 0.15) is 25.1 Å². The molecule has 1 aromatic rings. The van der Waals surface area contributed by atoms with E-state index in [-0.39, 0.29) is 0 Å². The van der Waals surface area contributed by atoms with Gasteiger partial charge in [-0.3, -0.25) is 4.90 Å². The van der Waals surface area contributed by atoms with Gasteiger partial charge >= 0.3 is 0 Å². The van der Waals surface area contributed by atoms with Gasteiger partial charge < -0.3 is 0 Å². The molecule has 13 heavy (non-hydrogen) atoms. The third-order valence-electron chi connectivity index (χ3n) is 2.52. The molecular formula is C8H15N5. The monoisotopic (exact) mass is 181 g/mol. The number of piperidine rings is 1. The van der Waals surface area contributed by atoms with Gasteiger partial charge in [0.1, 0.15) is 0 Å². The second kappa shape index (κ2) is 3.83. The lowest BCUT2D eigenvalue weighted by atomic mass is 10.1. The van der Waals surface area contributed by atoms with Gasteiger partial charge in [0.2, 0.25) is 0 Å². The van der Waals surface area contributed by atoms with Gasteiger partial charge in [0, 0.05) is 7.05 Å². The van der Waals surface area contributed by atoms with Crippen molar-refractivity contribution < 1.29 is 0 Å². The van der Waals surface area contributed by atoms with Crippen LogP contribution >= 0.6 is 0 Å². The molecule has 72 valence electrons. The Morgan fingerprint density at radius 3 is 2.62 bits per heavy atom. The predicted molar refractivity (Wildman–Crippen MR) is 47.9 cm³/mol. The Kier molecular flexibility index (Phi) is 2.54. The maximum absolute atomic E-state index is 3.97. The molecule has 0 bridgehead atoms. The van der Waals surface area contributed by atoms with Gasteiger partial charge in [-0.05, 0) is 36.4 Å². The molecule has 0 unspecified atom stereocenters. The summed E-state index contributed by atoms with van der Waals surface area (Å²) in [7, 11) is 1.89. The Morgan fingerprint density at radius 2 is 2.00 bits per heavy atom. The maximum atomic E-state index is 3.97. The number of nitrogens with zero attached hydrogens (tertiary/aromatic N) is 5. The van der Waals surface area contributed by atoms with E-state index in [2.05, 4.69) is 20.4 Å². The number of rotatable bonds is 2. The molecule has 1 fully saturated rings. The molecular weight excluding hydrogens is 166 g/mol. The minimum absolute atomic E-state index is 0.892. The number of tetrazole rings is 1. The summed E-state index contributed by atoms with van der Waals surface area (Å²) in [5.74, 6) is 0.960. The van der Waals surface area contributed by atoms with E-state index in [1.165, 1.54) is 32.4 Å². The fraction of sp³-hybridized carbons (Fsp3) is 0.875. The summed E-state index contributed by atoms with van der Waals surface area (Å²) in [5.41, 5.74) is 0.